The Hall–Kier alpha value is -2.33. The minimum Gasteiger partial charge on any atom is -0.448 e. The van der Waals surface area contributed by atoms with Gasteiger partial charge in [-0.1, -0.05) is 55.0 Å². The van der Waals surface area contributed by atoms with Gasteiger partial charge in [0, 0.05) is 18.6 Å². The van der Waals surface area contributed by atoms with E-state index in [0.29, 0.717) is 25.2 Å². The Bertz CT molecular complexity index is 880. The molecule has 0 aromatic heterocycles. The van der Waals surface area contributed by atoms with Gasteiger partial charge in [-0.2, -0.15) is 0 Å². The average Bonchev–Trinajstić information content (AvgIpc) is 3.00. The molecule has 0 aliphatic carbocycles. The number of terminal acetylenes is 1. The number of hydrogen-bond acceptors (Lipinski definition) is 5. The van der Waals surface area contributed by atoms with Crippen molar-refractivity contribution in [1.82, 2.24) is 0 Å². The third-order valence-corrected chi connectivity index (χ3v) is 5.42. The summed E-state index contributed by atoms with van der Waals surface area (Å²) in [6.07, 6.45) is 5.44. The van der Waals surface area contributed by atoms with Crippen molar-refractivity contribution in [2.45, 2.75) is 57.1 Å². The Labute approximate surface area is 185 Å². The highest BCUT2D eigenvalue weighted by atomic mass is 32.1. The molecule has 2 radical (unpaired) electrons. The fourth-order valence-corrected chi connectivity index (χ4v) is 3.78. The minimum atomic E-state index is -0.757. The van der Waals surface area contributed by atoms with Crippen LogP contribution in [0.2, 0.25) is 0 Å². The molecular formula is C24H25BO4S. The average molecular weight is 420 g/mol. The molecule has 0 unspecified atom stereocenters. The van der Waals surface area contributed by atoms with Crippen LogP contribution in [0.4, 0.5) is 0 Å². The van der Waals surface area contributed by atoms with E-state index in [9.17, 15) is 0 Å². The number of hydrogen-bond donors (Lipinski definition) is 0. The third-order valence-electron chi connectivity index (χ3n) is 5.24. The zero-order valence-electron chi connectivity index (χ0n) is 17.2. The van der Waals surface area contributed by atoms with Gasteiger partial charge in [0.25, 0.3) is 0 Å². The lowest BCUT2D eigenvalue weighted by atomic mass is 9.85. The zero-order chi connectivity index (χ0) is 21.6. The Balaban J connectivity index is 1.75. The van der Waals surface area contributed by atoms with Crippen LogP contribution in [0.25, 0.3) is 0 Å². The monoisotopic (exact) mass is 420 g/mol. The fraction of sp³-hybridized carbons (Fsp3) is 0.375. The van der Waals surface area contributed by atoms with Crippen LogP contribution in [-0.4, -0.2) is 36.9 Å². The SMILES string of the molecule is [B][C@@H]1O[C@@](CC)(CC#C)[C@@H](OCc2ccccc2)[C@H]1OC(=S)Oc1ccc(C)cc1. The zero-order valence-corrected chi connectivity index (χ0v) is 18.1. The van der Waals surface area contributed by atoms with Crippen LogP contribution in [0, 0.1) is 19.3 Å². The van der Waals surface area contributed by atoms with Gasteiger partial charge in [-0.3, -0.25) is 0 Å². The highest BCUT2D eigenvalue weighted by Crippen LogP contribution is 2.40. The fourth-order valence-electron chi connectivity index (χ4n) is 3.57. The van der Waals surface area contributed by atoms with Crippen molar-refractivity contribution in [3.63, 3.8) is 0 Å². The molecule has 1 saturated heterocycles. The summed E-state index contributed by atoms with van der Waals surface area (Å²) < 4.78 is 23.9. The lowest BCUT2D eigenvalue weighted by Gasteiger charge is -2.33. The van der Waals surface area contributed by atoms with E-state index in [4.69, 9.17) is 45.4 Å². The largest absolute Gasteiger partial charge is 0.448 e. The second-order valence-corrected chi connectivity index (χ2v) is 7.68. The van der Waals surface area contributed by atoms with Crippen LogP contribution in [0.1, 0.15) is 30.9 Å². The predicted molar refractivity (Wildman–Crippen MR) is 121 cm³/mol. The van der Waals surface area contributed by atoms with Gasteiger partial charge in [0.2, 0.25) is 0 Å². The van der Waals surface area contributed by atoms with Gasteiger partial charge in [-0.05, 0) is 31.0 Å². The number of rotatable bonds is 7. The lowest BCUT2D eigenvalue weighted by molar-refractivity contribution is -0.105. The summed E-state index contributed by atoms with van der Waals surface area (Å²) in [5.74, 6) is 3.28. The Morgan fingerprint density at radius 3 is 2.53 bits per heavy atom. The highest BCUT2D eigenvalue weighted by molar-refractivity contribution is 7.79. The molecule has 1 heterocycles. The summed E-state index contributed by atoms with van der Waals surface area (Å²) in [6, 6.07) is 16.6. The molecule has 0 amide bonds. The van der Waals surface area contributed by atoms with Gasteiger partial charge < -0.3 is 18.9 Å². The van der Waals surface area contributed by atoms with E-state index in [0.717, 1.165) is 11.1 Å². The molecule has 0 N–H and O–H groups in total. The second kappa shape index (κ2) is 10.1. The van der Waals surface area contributed by atoms with Gasteiger partial charge >= 0.3 is 5.24 Å². The molecule has 2 aromatic rings. The number of ether oxygens (including phenoxy) is 4. The van der Waals surface area contributed by atoms with Crippen LogP contribution in [0.5, 0.6) is 5.75 Å². The first-order chi connectivity index (χ1) is 14.5. The summed E-state index contributed by atoms with van der Waals surface area (Å²) in [6.45, 7) is 4.36. The molecule has 4 nitrogen and oxygen atoms in total. The lowest BCUT2D eigenvalue weighted by Crippen LogP contribution is -2.46. The van der Waals surface area contributed by atoms with Crippen molar-refractivity contribution in [1.29, 1.82) is 0 Å². The summed E-state index contributed by atoms with van der Waals surface area (Å²) in [5.41, 5.74) is 1.39. The van der Waals surface area contributed by atoms with Crippen LogP contribution in [-0.2, 0) is 20.8 Å². The predicted octanol–water partition coefficient (Wildman–Crippen LogP) is 4.33. The molecule has 3 rings (SSSR count). The molecule has 0 saturated carbocycles. The third kappa shape index (κ3) is 5.23. The van der Waals surface area contributed by atoms with Gasteiger partial charge in [0.1, 0.15) is 31.4 Å². The molecule has 2 aromatic carbocycles. The van der Waals surface area contributed by atoms with Crippen LogP contribution in [0.15, 0.2) is 54.6 Å². The second-order valence-electron chi connectivity index (χ2n) is 7.35. The maximum Gasteiger partial charge on any atom is 0.358 e. The first kappa shape index (κ1) is 22.4. The summed E-state index contributed by atoms with van der Waals surface area (Å²) in [5, 5.41) is -0.0381. The van der Waals surface area contributed by atoms with E-state index in [2.05, 4.69) is 5.92 Å². The van der Waals surface area contributed by atoms with Crippen molar-refractivity contribution in [2.24, 2.45) is 0 Å². The summed E-state index contributed by atoms with van der Waals surface area (Å²) >= 11 is 5.31. The minimum absolute atomic E-state index is 0.0381. The molecule has 30 heavy (non-hydrogen) atoms. The first-order valence-electron chi connectivity index (χ1n) is 9.95. The Morgan fingerprint density at radius 2 is 1.90 bits per heavy atom. The van der Waals surface area contributed by atoms with Crippen LogP contribution in [0.3, 0.4) is 0 Å². The Kier molecular flexibility index (Phi) is 7.55. The summed E-state index contributed by atoms with van der Waals surface area (Å²) in [4.78, 5) is 0. The van der Waals surface area contributed by atoms with Gasteiger partial charge in [0.15, 0.2) is 0 Å². The van der Waals surface area contributed by atoms with E-state index in [1.165, 1.54) is 0 Å². The van der Waals surface area contributed by atoms with E-state index >= 15 is 0 Å². The molecule has 0 spiro atoms. The van der Waals surface area contributed by atoms with Crippen molar-refractivity contribution in [3.8, 4) is 18.1 Å². The summed E-state index contributed by atoms with van der Waals surface area (Å²) in [7, 11) is 6.27. The molecule has 0 bridgehead atoms. The molecule has 1 aliphatic rings. The first-order valence-corrected chi connectivity index (χ1v) is 10.4. The topological polar surface area (TPSA) is 36.9 Å². The van der Waals surface area contributed by atoms with Crippen LogP contribution >= 0.6 is 12.2 Å². The van der Waals surface area contributed by atoms with Gasteiger partial charge in [-0.15, -0.1) is 12.3 Å². The van der Waals surface area contributed by atoms with Gasteiger partial charge in [0.05, 0.1) is 12.6 Å². The van der Waals surface area contributed by atoms with Crippen molar-refractivity contribution in [2.75, 3.05) is 0 Å². The normalized spacial score (nSPS) is 25.4. The maximum atomic E-state index is 6.27. The molecular weight excluding hydrogens is 395 g/mol. The van der Waals surface area contributed by atoms with Crippen molar-refractivity contribution in [3.05, 3.63) is 65.7 Å². The number of aryl methyl sites for hydroxylation is 1. The van der Waals surface area contributed by atoms with Crippen LogP contribution < -0.4 is 4.74 Å². The number of thiocarbonyl (C=S) groups is 1. The molecule has 154 valence electrons. The molecule has 1 fully saturated rings. The maximum absolute atomic E-state index is 6.27. The smallest absolute Gasteiger partial charge is 0.358 e. The van der Waals surface area contributed by atoms with Crippen molar-refractivity contribution >= 4 is 25.3 Å². The highest BCUT2D eigenvalue weighted by Gasteiger charge is 2.54. The molecule has 4 atom stereocenters. The quantitative estimate of drug-likeness (QED) is 0.379. The van der Waals surface area contributed by atoms with E-state index in [1.54, 1.807) is 0 Å². The number of benzene rings is 2. The molecule has 1 aliphatic heterocycles. The van der Waals surface area contributed by atoms with E-state index in [1.807, 2.05) is 68.4 Å². The standard InChI is InChI=1S/C24H25BO4S/c1-4-15-24(5-2)21(26-16-18-9-7-6-8-10-18)20(22(25)29-24)28-23(30)27-19-13-11-17(3)12-14-19/h1,6-14,20-22H,5,15-16H2,2-3H3/t20-,21+,22-,24+/m1/s1. The van der Waals surface area contributed by atoms with Gasteiger partial charge in [-0.25, -0.2) is 0 Å². The molecule has 6 heteroatoms. The van der Waals surface area contributed by atoms with E-state index in [-0.39, 0.29) is 5.24 Å². The Morgan fingerprint density at radius 1 is 1.20 bits per heavy atom. The van der Waals surface area contributed by atoms with Crippen molar-refractivity contribution < 1.29 is 18.9 Å². The van der Waals surface area contributed by atoms with E-state index < -0.39 is 23.8 Å².